The molecule has 0 bridgehead atoms. The first-order chi connectivity index (χ1) is 17.3. The van der Waals surface area contributed by atoms with Gasteiger partial charge in [-0.2, -0.15) is 0 Å². The molecule has 1 fully saturated rings. The first-order valence-electron chi connectivity index (χ1n) is 14.6. The smallest absolute Gasteiger partial charge is 0.147 e. The van der Waals surface area contributed by atoms with Gasteiger partial charge in [0.05, 0.1) is 0 Å². The molecule has 1 aromatic carbocycles. The fraction of sp³-hybridized carbons (Fsp3) is 0.528. The third-order valence-corrected chi connectivity index (χ3v) is 14.3. The number of halogens is 2. The van der Waals surface area contributed by atoms with Crippen LogP contribution in [0.3, 0.4) is 0 Å². The summed E-state index contributed by atoms with van der Waals surface area (Å²) in [6, 6.07) is 7.27. The second kappa shape index (κ2) is 11.5. The molecule has 2 unspecified atom stereocenters. The summed E-state index contributed by atoms with van der Waals surface area (Å²) in [6.07, 6.45) is 14.8. The van der Waals surface area contributed by atoms with E-state index < -0.39 is 22.8 Å². The number of rotatable bonds is 2. The molecule has 0 saturated heterocycles. The van der Waals surface area contributed by atoms with Gasteiger partial charge < -0.3 is 0 Å². The van der Waals surface area contributed by atoms with Crippen LogP contribution >= 0.6 is 24.8 Å². The minimum atomic E-state index is -0.918. The first kappa shape index (κ1) is 32.8. The molecule has 0 aliphatic heterocycles. The average Bonchev–Trinajstić information content (AvgIpc) is 3.29. The normalized spacial score (nSPS) is 24.7. The molecule has 2 atom stereocenters. The summed E-state index contributed by atoms with van der Waals surface area (Å²) in [7, 11) is 0. The van der Waals surface area contributed by atoms with Crippen molar-refractivity contribution in [3.63, 3.8) is 0 Å². The molecule has 0 heterocycles. The molecule has 4 aliphatic carbocycles. The van der Waals surface area contributed by atoms with Crippen molar-refractivity contribution >= 4 is 39.7 Å². The maximum absolute atomic E-state index is 2.69. The average molecular weight is 644 g/mol. The number of benzene rings is 1. The zero-order valence-corrected chi connectivity index (χ0v) is 30.0. The van der Waals surface area contributed by atoms with Gasteiger partial charge in [-0.05, 0) is 0 Å². The maximum atomic E-state index is 2.69. The Balaban J connectivity index is 0.00000210. The van der Waals surface area contributed by atoms with E-state index >= 15 is 0 Å². The Morgan fingerprint density at radius 1 is 0.846 bits per heavy atom. The Kier molecular flexibility index (Phi) is 9.66. The van der Waals surface area contributed by atoms with Crippen LogP contribution in [0, 0.1) is 16.7 Å². The van der Waals surface area contributed by atoms with Gasteiger partial charge in [-0.15, -0.1) is 24.8 Å². The van der Waals surface area contributed by atoms with E-state index in [0.717, 1.165) is 0 Å². The fourth-order valence-electron chi connectivity index (χ4n) is 7.36. The zero-order valence-electron chi connectivity index (χ0n) is 25.9. The molecule has 0 amide bonds. The van der Waals surface area contributed by atoms with Crippen LogP contribution in [0.1, 0.15) is 107 Å². The number of fused-ring (bicyclic) bond motifs is 2. The standard InChI is InChI=1S/C30H37.C6H10.2ClH.Zr/c1-18-19(2)21(4)27(20(18)3)30(29(8,9)10)14-13-26-23(17-30)15-22-16-24(28(5,6)7)11-12-25(22)26;1-2-4-6-5-3-1;;;/h11-16,20H,1-10H3;1-5H2;2*1H;. The van der Waals surface area contributed by atoms with Crippen LogP contribution in [-0.2, 0) is 28.2 Å². The molecule has 0 nitrogen and oxygen atoms in total. The number of allylic oxidation sites excluding steroid dienone is 8. The van der Waals surface area contributed by atoms with Crippen LogP contribution in [0.25, 0.3) is 11.6 Å². The predicted octanol–water partition coefficient (Wildman–Crippen LogP) is 9.15. The second-order valence-electron chi connectivity index (χ2n) is 14.1. The van der Waals surface area contributed by atoms with E-state index in [-0.39, 0.29) is 41.1 Å². The Morgan fingerprint density at radius 3 is 2.03 bits per heavy atom. The molecule has 0 N–H and O–H groups in total. The largest absolute Gasteiger partial charge is 0.147 e. The van der Waals surface area contributed by atoms with Crippen molar-refractivity contribution in [3.8, 4) is 0 Å². The van der Waals surface area contributed by atoms with Gasteiger partial charge >= 0.3 is 239 Å². The summed E-state index contributed by atoms with van der Waals surface area (Å²) in [5.41, 5.74) is 11.2. The summed E-state index contributed by atoms with van der Waals surface area (Å²) in [5, 5.41) is 2.89. The Hall–Kier alpha value is -0.747. The van der Waals surface area contributed by atoms with Crippen molar-refractivity contribution in [2.45, 2.75) is 107 Å². The molecule has 211 valence electrons. The van der Waals surface area contributed by atoms with Gasteiger partial charge in [0, 0.05) is 0 Å². The SMILES string of the molecule is CC1=C(C)C(C)C(C2(C(C)(C)C)C=CC3=c4ccc(C(C)(C)C)cc4=CC3=[C]2[Zr]=[C]2CCCCC2)=C1C.Cl.Cl. The zero-order chi connectivity index (χ0) is 26.9. The molecule has 0 aromatic heterocycles. The van der Waals surface area contributed by atoms with E-state index in [9.17, 15) is 0 Å². The van der Waals surface area contributed by atoms with Crippen LogP contribution < -0.4 is 10.4 Å². The number of hydrogen-bond donors (Lipinski definition) is 0. The Morgan fingerprint density at radius 2 is 1.49 bits per heavy atom. The minimum Gasteiger partial charge on any atom is -0.147 e. The molecule has 0 radical (unpaired) electrons. The quantitative estimate of drug-likeness (QED) is 0.302. The molecular weight excluding hydrogens is 595 g/mol. The molecular formula is C36H49Cl2Zr. The van der Waals surface area contributed by atoms with Crippen LogP contribution in [0.2, 0.25) is 0 Å². The first-order valence-corrected chi connectivity index (χ1v) is 17.0. The van der Waals surface area contributed by atoms with Gasteiger partial charge in [-0.1, -0.05) is 0 Å². The van der Waals surface area contributed by atoms with Crippen LogP contribution in [0.15, 0.2) is 61.5 Å². The molecule has 4 aliphatic rings. The van der Waals surface area contributed by atoms with E-state index in [1.54, 1.807) is 22.3 Å². The molecule has 1 aromatic rings. The van der Waals surface area contributed by atoms with Gasteiger partial charge in [0.2, 0.25) is 0 Å². The van der Waals surface area contributed by atoms with Crippen molar-refractivity contribution < 1.29 is 22.8 Å². The van der Waals surface area contributed by atoms with E-state index in [4.69, 9.17) is 0 Å². The van der Waals surface area contributed by atoms with Gasteiger partial charge in [0.25, 0.3) is 0 Å². The Bertz CT molecular complexity index is 1440. The van der Waals surface area contributed by atoms with Crippen LogP contribution in [0.4, 0.5) is 0 Å². The Labute approximate surface area is 261 Å². The summed E-state index contributed by atoms with van der Waals surface area (Å²) in [5.74, 6) is 0.507. The third kappa shape index (κ3) is 5.32. The van der Waals surface area contributed by atoms with Gasteiger partial charge in [0.15, 0.2) is 0 Å². The summed E-state index contributed by atoms with van der Waals surface area (Å²) >= 11 is -0.918. The van der Waals surface area contributed by atoms with Crippen molar-refractivity contribution in [3.05, 3.63) is 77.5 Å². The summed E-state index contributed by atoms with van der Waals surface area (Å²) in [6.45, 7) is 24.2. The van der Waals surface area contributed by atoms with Gasteiger partial charge in [-0.25, -0.2) is 0 Å². The van der Waals surface area contributed by atoms with Gasteiger partial charge in [0.1, 0.15) is 0 Å². The molecule has 0 spiro atoms. The van der Waals surface area contributed by atoms with E-state index in [0.29, 0.717) is 5.92 Å². The monoisotopic (exact) mass is 641 g/mol. The van der Waals surface area contributed by atoms with Crippen molar-refractivity contribution in [1.29, 1.82) is 0 Å². The summed E-state index contributed by atoms with van der Waals surface area (Å²) in [4.78, 5) is 0. The maximum Gasteiger partial charge on any atom is -0.147 e. The number of hydrogen-bond acceptors (Lipinski definition) is 0. The second-order valence-corrected chi connectivity index (χ2v) is 17.7. The van der Waals surface area contributed by atoms with Crippen LogP contribution in [0.5, 0.6) is 0 Å². The van der Waals surface area contributed by atoms with Crippen molar-refractivity contribution in [2.75, 3.05) is 0 Å². The molecule has 1 saturated carbocycles. The fourth-order valence-corrected chi connectivity index (χ4v) is 12.5. The topological polar surface area (TPSA) is 0 Å². The predicted molar refractivity (Wildman–Crippen MR) is 173 cm³/mol. The van der Waals surface area contributed by atoms with Crippen LogP contribution in [-0.4, -0.2) is 3.21 Å². The molecule has 3 heteroatoms. The van der Waals surface area contributed by atoms with E-state index in [1.165, 1.54) is 59.3 Å². The molecule has 5 rings (SSSR count). The van der Waals surface area contributed by atoms with Gasteiger partial charge in [-0.3, -0.25) is 0 Å². The minimum absolute atomic E-state index is 0. The van der Waals surface area contributed by atoms with E-state index in [1.807, 2.05) is 6.49 Å². The third-order valence-electron chi connectivity index (χ3n) is 9.97. The van der Waals surface area contributed by atoms with E-state index in [2.05, 4.69) is 106 Å². The molecule has 39 heavy (non-hydrogen) atoms. The summed E-state index contributed by atoms with van der Waals surface area (Å²) < 4.78 is 3.79. The van der Waals surface area contributed by atoms with Crippen molar-refractivity contribution in [2.24, 2.45) is 16.7 Å². The van der Waals surface area contributed by atoms with Crippen molar-refractivity contribution in [1.82, 2.24) is 0 Å².